The van der Waals surface area contributed by atoms with Gasteiger partial charge in [-0.05, 0) is 12.7 Å². The standard InChI is InChI=1S/C12H23NO3S/c1-4-5-6-16-12(14)13-7-10(9-17-3)11(8-13)15-2/h10-11H,4-9H2,1-3H3. The maximum absolute atomic E-state index is 11.8. The zero-order chi connectivity index (χ0) is 12.7. The molecule has 0 N–H and O–H groups in total. The monoisotopic (exact) mass is 261 g/mol. The van der Waals surface area contributed by atoms with Gasteiger partial charge < -0.3 is 14.4 Å². The number of carbonyl (C=O) groups is 1. The van der Waals surface area contributed by atoms with Gasteiger partial charge in [0.1, 0.15) is 0 Å². The number of rotatable bonds is 6. The predicted octanol–water partition coefficient (Wildman–Crippen LogP) is 2.23. The Kier molecular flexibility index (Phi) is 6.73. The summed E-state index contributed by atoms with van der Waals surface area (Å²) >= 11 is 1.79. The van der Waals surface area contributed by atoms with Crippen molar-refractivity contribution in [3.8, 4) is 0 Å². The Balaban J connectivity index is 2.37. The molecule has 5 heteroatoms. The van der Waals surface area contributed by atoms with E-state index >= 15 is 0 Å². The number of likely N-dealkylation sites (tertiary alicyclic amines) is 1. The highest BCUT2D eigenvalue weighted by Crippen LogP contribution is 2.23. The molecule has 1 fully saturated rings. The fraction of sp³-hybridized carbons (Fsp3) is 0.917. The van der Waals surface area contributed by atoms with E-state index in [4.69, 9.17) is 9.47 Å². The normalized spacial score (nSPS) is 24.1. The number of methoxy groups -OCH3 is 1. The molecule has 1 aliphatic heterocycles. The van der Waals surface area contributed by atoms with E-state index in [-0.39, 0.29) is 12.2 Å². The highest BCUT2D eigenvalue weighted by molar-refractivity contribution is 7.98. The molecule has 0 aliphatic carbocycles. The van der Waals surface area contributed by atoms with Gasteiger partial charge in [-0.3, -0.25) is 0 Å². The van der Waals surface area contributed by atoms with Gasteiger partial charge in [-0.15, -0.1) is 0 Å². The lowest BCUT2D eigenvalue weighted by Crippen LogP contribution is -2.30. The van der Waals surface area contributed by atoms with Crippen LogP contribution in [0.5, 0.6) is 0 Å². The van der Waals surface area contributed by atoms with Crippen molar-refractivity contribution in [2.75, 3.05) is 38.8 Å². The molecule has 0 spiro atoms. The summed E-state index contributed by atoms with van der Waals surface area (Å²) in [6.45, 7) is 4.02. The summed E-state index contributed by atoms with van der Waals surface area (Å²) in [4.78, 5) is 13.5. The van der Waals surface area contributed by atoms with E-state index in [2.05, 4.69) is 13.2 Å². The van der Waals surface area contributed by atoms with Crippen molar-refractivity contribution >= 4 is 17.9 Å². The Hall–Kier alpha value is -0.420. The average molecular weight is 261 g/mol. The third-order valence-corrected chi connectivity index (χ3v) is 3.81. The van der Waals surface area contributed by atoms with Crippen molar-refractivity contribution in [2.24, 2.45) is 5.92 Å². The summed E-state index contributed by atoms with van der Waals surface area (Å²) in [6.07, 6.45) is 4.02. The number of nitrogens with zero attached hydrogens (tertiary/aromatic N) is 1. The van der Waals surface area contributed by atoms with Crippen LogP contribution in [-0.2, 0) is 9.47 Å². The topological polar surface area (TPSA) is 38.8 Å². The molecule has 4 nitrogen and oxygen atoms in total. The zero-order valence-corrected chi connectivity index (χ0v) is 11.8. The number of unbranched alkanes of at least 4 members (excludes halogenated alkanes) is 1. The molecule has 17 heavy (non-hydrogen) atoms. The molecule has 1 rings (SSSR count). The molecule has 1 saturated heterocycles. The van der Waals surface area contributed by atoms with Gasteiger partial charge in [0, 0.05) is 25.3 Å². The first-order chi connectivity index (χ1) is 8.22. The van der Waals surface area contributed by atoms with E-state index in [0.717, 1.165) is 25.1 Å². The maximum atomic E-state index is 11.8. The molecule has 100 valence electrons. The third kappa shape index (κ3) is 4.39. The quantitative estimate of drug-likeness (QED) is 0.687. The van der Waals surface area contributed by atoms with Crippen LogP contribution in [0.15, 0.2) is 0 Å². The van der Waals surface area contributed by atoms with Gasteiger partial charge in [0.15, 0.2) is 0 Å². The van der Waals surface area contributed by atoms with E-state index in [9.17, 15) is 4.79 Å². The molecule has 1 aliphatic rings. The van der Waals surface area contributed by atoms with Crippen molar-refractivity contribution in [1.29, 1.82) is 0 Å². The number of ether oxygens (including phenoxy) is 2. The second kappa shape index (κ2) is 7.82. The van der Waals surface area contributed by atoms with Gasteiger partial charge in [-0.1, -0.05) is 13.3 Å². The molecular weight excluding hydrogens is 238 g/mol. The van der Waals surface area contributed by atoms with E-state index in [1.54, 1.807) is 23.8 Å². The Morgan fingerprint density at radius 3 is 2.82 bits per heavy atom. The summed E-state index contributed by atoms with van der Waals surface area (Å²) in [6, 6.07) is 0. The second-order valence-corrected chi connectivity index (χ2v) is 5.27. The number of amides is 1. The molecular formula is C12H23NO3S. The van der Waals surface area contributed by atoms with Crippen LogP contribution < -0.4 is 0 Å². The zero-order valence-electron chi connectivity index (χ0n) is 11.0. The van der Waals surface area contributed by atoms with Gasteiger partial charge in [-0.2, -0.15) is 11.8 Å². The van der Waals surface area contributed by atoms with Crippen molar-refractivity contribution in [1.82, 2.24) is 4.90 Å². The second-order valence-electron chi connectivity index (χ2n) is 4.36. The summed E-state index contributed by atoms with van der Waals surface area (Å²) in [5.41, 5.74) is 0. The lowest BCUT2D eigenvalue weighted by Gasteiger charge is -2.15. The van der Waals surface area contributed by atoms with E-state index in [0.29, 0.717) is 19.1 Å². The summed E-state index contributed by atoms with van der Waals surface area (Å²) in [5.74, 6) is 1.45. The van der Waals surface area contributed by atoms with Gasteiger partial charge >= 0.3 is 6.09 Å². The fourth-order valence-electron chi connectivity index (χ4n) is 2.03. The minimum atomic E-state index is -0.191. The lowest BCUT2D eigenvalue weighted by atomic mass is 10.1. The van der Waals surface area contributed by atoms with E-state index in [1.165, 1.54) is 0 Å². The maximum Gasteiger partial charge on any atom is 0.409 e. The van der Waals surface area contributed by atoms with Gasteiger partial charge in [0.2, 0.25) is 0 Å². The smallest absolute Gasteiger partial charge is 0.409 e. The van der Waals surface area contributed by atoms with Crippen LogP contribution in [0.1, 0.15) is 19.8 Å². The van der Waals surface area contributed by atoms with Crippen LogP contribution in [0, 0.1) is 5.92 Å². The number of thioether (sulfide) groups is 1. The molecule has 0 aromatic rings. The van der Waals surface area contributed by atoms with Crippen LogP contribution >= 0.6 is 11.8 Å². The third-order valence-electron chi connectivity index (χ3n) is 3.05. The van der Waals surface area contributed by atoms with Crippen LogP contribution in [0.4, 0.5) is 4.79 Å². The molecule has 0 radical (unpaired) electrons. The van der Waals surface area contributed by atoms with Crippen LogP contribution in [0.3, 0.4) is 0 Å². The van der Waals surface area contributed by atoms with E-state index in [1.807, 2.05) is 0 Å². The number of hydrogen-bond acceptors (Lipinski definition) is 4. The van der Waals surface area contributed by atoms with Crippen molar-refractivity contribution in [2.45, 2.75) is 25.9 Å². The van der Waals surface area contributed by atoms with Crippen molar-refractivity contribution in [3.05, 3.63) is 0 Å². The molecule has 0 aromatic heterocycles. The first kappa shape index (κ1) is 14.6. The number of hydrogen-bond donors (Lipinski definition) is 0. The predicted molar refractivity (Wildman–Crippen MR) is 70.5 cm³/mol. The highest BCUT2D eigenvalue weighted by Gasteiger charge is 2.35. The minimum Gasteiger partial charge on any atom is -0.449 e. The Labute approximate surface area is 108 Å². The highest BCUT2D eigenvalue weighted by atomic mass is 32.2. The molecule has 2 unspecified atom stereocenters. The van der Waals surface area contributed by atoms with Crippen molar-refractivity contribution in [3.63, 3.8) is 0 Å². The van der Waals surface area contributed by atoms with Gasteiger partial charge in [-0.25, -0.2) is 4.79 Å². The van der Waals surface area contributed by atoms with Crippen LogP contribution in [-0.4, -0.2) is 55.9 Å². The molecule has 0 aromatic carbocycles. The van der Waals surface area contributed by atoms with Gasteiger partial charge in [0.25, 0.3) is 0 Å². The average Bonchev–Trinajstić information content (AvgIpc) is 2.73. The molecule has 1 heterocycles. The molecule has 1 amide bonds. The summed E-state index contributed by atoms with van der Waals surface area (Å²) in [7, 11) is 1.71. The lowest BCUT2D eigenvalue weighted by molar-refractivity contribution is 0.0776. The van der Waals surface area contributed by atoms with Crippen LogP contribution in [0.25, 0.3) is 0 Å². The van der Waals surface area contributed by atoms with Crippen molar-refractivity contribution < 1.29 is 14.3 Å². The first-order valence-corrected chi connectivity index (χ1v) is 7.55. The Morgan fingerprint density at radius 2 is 2.24 bits per heavy atom. The minimum absolute atomic E-state index is 0.154. The van der Waals surface area contributed by atoms with Gasteiger partial charge in [0.05, 0.1) is 19.3 Å². The molecule has 0 saturated carbocycles. The SMILES string of the molecule is CCCCOC(=O)N1CC(CSC)C(OC)C1. The first-order valence-electron chi connectivity index (χ1n) is 6.16. The molecule has 2 atom stereocenters. The molecule has 0 bridgehead atoms. The summed E-state index contributed by atoms with van der Waals surface area (Å²) < 4.78 is 10.6. The summed E-state index contributed by atoms with van der Waals surface area (Å²) in [5, 5.41) is 0. The number of carbonyl (C=O) groups excluding carboxylic acids is 1. The fourth-order valence-corrected chi connectivity index (χ4v) is 2.77. The van der Waals surface area contributed by atoms with E-state index < -0.39 is 0 Å². The Bertz CT molecular complexity index is 238. The largest absolute Gasteiger partial charge is 0.449 e. The van der Waals surface area contributed by atoms with Crippen LogP contribution in [0.2, 0.25) is 0 Å². The Morgan fingerprint density at radius 1 is 1.47 bits per heavy atom.